The zero-order valence-corrected chi connectivity index (χ0v) is 10.8. The molecule has 1 aromatic rings. The molecule has 4 heteroatoms. The summed E-state index contributed by atoms with van der Waals surface area (Å²) in [7, 11) is 0. The smallest absolute Gasteiger partial charge is 0.313 e. The standard InChI is InChI=1S/C15H18F3N/c16-15(17,18)12-7-2-5-10-4-1-6-11(14(10)12)13-8-3-9-19-13/h2,5,7,11,13,19H,1,3-4,6,8-9H2. The molecule has 0 radical (unpaired) electrons. The van der Waals surface area contributed by atoms with Crippen molar-refractivity contribution in [3.8, 4) is 0 Å². The van der Waals surface area contributed by atoms with Gasteiger partial charge in [0.05, 0.1) is 5.56 Å². The van der Waals surface area contributed by atoms with Gasteiger partial charge in [-0.1, -0.05) is 12.1 Å². The summed E-state index contributed by atoms with van der Waals surface area (Å²) < 4.78 is 39.6. The Bertz CT molecular complexity index is 461. The van der Waals surface area contributed by atoms with Crippen molar-refractivity contribution < 1.29 is 13.2 Å². The monoisotopic (exact) mass is 269 g/mol. The van der Waals surface area contributed by atoms with Gasteiger partial charge in [-0.2, -0.15) is 13.2 Å². The highest BCUT2D eigenvalue weighted by molar-refractivity contribution is 5.42. The summed E-state index contributed by atoms with van der Waals surface area (Å²) in [5.41, 5.74) is 1.06. The number of alkyl halides is 3. The van der Waals surface area contributed by atoms with Crippen molar-refractivity contribution >= 4 is 0 Å². The summed E-state index contributed by atoms with van der Waals surface area (Å²) in [6.07, 6.45) is 0.484. The fourth-order valence-corrected chi connectivity index (χ4v) is 3.63. The van der Waals surface area contributed by atoms with Crippen LogP contribution in [0.3, 0.4) is 0 Å². The fraction of sp³-hybridized carbons (Fsp3) is 0.600. The lowest BCUT2D eigenvalue weighted by Gasteiger charge is -2.32. The third-order valence-corrected chi connectivity index (χ3v) is 4.42. The van der Waals surface area contributed by atoms with E-state index in [2.05, 4.69) is 5.32 Å². The quantitative estimate of drug-likeness (QED) is 0.816. The third-order valence-electron chi connectivity index (χ3n) is 4.42. The van der Waals surface area contributed by atoms with Crippen LogP contribution in [0, 0.1) is 0 Å². The number of halogens is 3. The molecule has 3 rings (SSSR count). The SMILES string of the molecule is FC(F)(F)c1cccc2c1C(C1CCCN1)CCC2. The minimum absolute atomic E-state index is 0.0316. The van der Waals surface area contributed by atoms with Gasteiger partial charge in [-0.3, -0.25) is 0 Å². The molecule has 1 fully saturated rings. The van der Waals surface area contributed by atoms with E-state index in [0.29, 0.717) is 5.56 Å². The molecule has 104 valence electrons. The van der Waals surface area contributed by atoms with E-state index in [4.69, 9.17) is 0 Å². The Morgan fingerprint density at radius 2 is 1.95 bits per heavy atom. The van der Waals surface area contributed by atoms with E-state index in [1.54, 1.807) is 6.07 Å². The first-order chi connectivity index (χ1) is 9.07. The molecule has 0 bridgehead atoms. The summed E-state index contributed by atoms with van der Waals surface area (Å²) in [5, 5.41) is 3.38. The molecule has 0 spiro atoms. The number of hydrogen-bond donors (Lipinski definition) is 1. The number of aryl methyl sites for hydroxylation is 1. The van der Waals surface area contributed by atoms with Gasteiger partial charge in [-0.15, -0.1) is 0 Å². The molecule has 1 aliphatic carbocycles. The predicted molar refractivity (Wildman–Crippen MR) is 68.1 cm³/mol. The van der Waals surface area contributed by atoms with Gasteiger partial charge >= 0.3 is 6.18 Å². The fourth-order valence-electron chi connectivity index (χ4n) is 3.63. The van der Waals surface area contributed by atoms with Crippen LogP contribution >= 0.6 is 0 Å². The van der Waals surface area contributed by atoms with Gasteiger partial charge in [-0.25, -0.2) is 0 Å². The summed E-state index contributed by atoms with van der Waals surface area (Å²) in [5.74, 6) is 0.0316. The van der Waals surface area contributed by atoms with E-state index in [0.717, 1.165) is 44.2 Å². The average Bonchev–Trinajstić information content (AvgIpc) is 2.90. The number of benzene rings is 1. The second-order valence-corrected chi connectivity index (χ2v) is 5.58. The lowest BCUT2D eigenvalue weighted by Crippen LogP contribution is -2.32. The van der Waals surface area contributed by atoms with Crippen LogP contribution in [0.2, 0.25) is 0 Å². The van der Waals surface area contributed by atoms with E-state index < -0.39 is 11.7 Å². The molecule has 1 aromatic carbocycles. The van der Waals surface area contributed by atoms with Gasteiger partial charge in [0.2, 0.25) is 0 Å². The summed E-state index contributed by atoms with van der Waals surface area (Å²) in [4.78, 5) is 0. The van der Waals surface area contributed by atoms with Gasteiger partial charge in [-0.05, 0) is 55.8 Å². The number of rotatable bonds is 1. The zero-order chi connectivity index (χ0) is 13.5. The first-order valence-electron chi connectivity index (χ1n) is 7.00. The van der Waals surface area contributed by atoms with E-state index in [1.165, 1.54) is 6.07 Å². The lowest BCUT2D eigenvalue weighted by atomic mass is 9.76. The third kappa shape index (κ3) is 2.38. The first-order valence-corrected chi connectivity index (χ1v) is 7.00. The van der Waals surface area contributed by atoms with Crippen LogP contribution < -0.4 is 5.32 Å². The molecule has 1 nitrogen and oxygen atoms in total. The van der Waals surface area contributed by atoms with E-state index in [1.807, 2.05) is 6.07 Å². The molecule has 1 heterocycles. The van der Waals surface area contributed by atoms with Crippen molar-refractivity contribution in [2.75, 3.05) is 6.54 Å². The van der Waals surface area contributed by atoms with E-state index >= 15 is 0 Å². The highest BCUT2D eigenvalue weighted by atomic mass is 19.4. The van der Waals surface area contributed by atoms with Crippen molar-refractivity contribution in [3.63, 3.8) is 0 Å². The maximum atomic E-state index is 13.2. The molecular formula is C15H18F3N. The predicted octanol–water partition coefficient (Wildman–Crippen LogP) is 3.88. The van der Waals surface area contributed by atoms with Crippen LogP contribution in [0.4, 0.5) is 13.2 Å². The van der Waals surface area contributed by atoms with Crippen molar-refractivity contribution in [3.05, 3.63) is 34.9 Å². The minimum atomic E-state index is -4.24. The van der Waals surface area contributed by atoms with Crippen LogP contribution in [0.1, 0.15) is 48.3 Å². The lowest BCUT2D eigenvalue weighted by molar-refractivity contribution is -0.138. The van der Waals surface area contributed by atoms with Crippen molar-refractivity contribution in [2.24, 2.45) is 0 Å². The maximum Gasteiger partial charge on any atom is 0.416 e. The van der Waals surface area contributed by atoms with Gasteiger partial charge in [0, 0.05) is 12.0 Å². The topological polar surface area (TPSA) is 12.0 Å². The minimum Gasteiger partial charge on any atom is -0.313 e. The van der Waals surface area contributed by atoms with Crippen molar-refractivity contribution in [2.45, 2.75) is 50.2 Å². The maximum absolute atomic E-state index is 13.2. The molecule has 19 heavy (non-hydrogen) atoms. The van der Waals surface area contributed by atoms with Gasteiger partial charge < -0.3 is 5.32 Å². The molecule has 2 atom stereocenters. The summed E-state index contributed by atoms with van der Waals surface area (Å²) in [6.45, 7) is 0.935. The molecule has 1 saturated heterocycles. The van der Waals surface area contributed by atoms with Gasteiger partial charge in [0.25, 0.3) is 0 Å². The Labute approximate surface area is 111 Å². The molecule has 0 saturated carbocycles. The normalized spacial score (nSPS) is 27.3. The second kappa shape index (κ2) is 4.82. The Kier molecular flexibility index (Phi) is 3.29. The Morgan fingerprint density at radius 3 is 2.63 bits per heavy atom. The van der Waals surface area contributed by atoms with Gasteiger partial charge in [0.1, 0.15) is 0 Å². The van der Waals surface area contributed by atoms with Gasteiger partial charge in [0.15, 0.2) is 0 Å². The van der Waals surface area contributed by atoms with Crippen LogP contribution in [-0.4, -0.2) is 12.6 Å². The van der Waals surface area contributed by atoms with Crippen molar-refractivity contribution in [1.82, 2.24) is 5.32 Å². The van der Waals surface area contributed by atoms with E-state index in [9.17, 15) is 13.2 Å². The average molecular weight is 269 g/mol. The largest absolute Gasteiger partial charge is 0.416 e. The van der Waals surface area contributed by atoms with Crippen molar-refractivity contribution in [1.29, 1.82) is 0 Å². The van der Waals surface area contributed by atoms with Crippen LogP contribution in [0.25, 0.3) is 0 Å². The Balaban J connectivity index is 2.05. The number of fused-ring (bicyclic) bond motifs is 1. The number of hydrogen-bond acceptors (Lipinski definition) is 1. The summed E-state index contributed by atoms with van der Waals surface area (Å²) >= 11 is 0. The molecule has 1 N–H and O–H groups in total. The Hall–Kier alpha value is -1.03. The Morgan fingerprint density at radius 1 is 1.11 bits per heavy atom. The summed E-state index contributed by atoms with van der Waals surface area (Å²) in [6, 6.07) is 4.88. The zero-order valence-electron chi connectivity index (χ0n) is 10.8. The molecule has 2 unspecified atom stereocenters. The van der Waals surface area contributed by atoms with Crippen LogP contribution in [0.15, 0.2) is 18.2 Å². The van der Waals surface area contributed by atoms with Crippen LogP contribution in [0.5, 0.6) is 0 Å². The molecule has 1 aliphatic heterocycles. The molecular weight excluding hydrogens is 251 g/mol. The highest BCUT2D eigenvalue weighted by Gasteiger charge is 2.39. The van der Waals surface area contributed by atoms with E-state index in [-0.39, 0.29) is 12.0 Å². The first kappa shape index (κ1) is 13.0. The second-order valence-electron chi connectivity index (χ2n) is 5.58. The molecule has 0 amide bonds. The molecule has 2 aliphatic rings. The highest BCUT2D eigenvalue weighted by Crippen LogP contribution is 2.43. The van der Waals surface area contributed by atoms with Crippen LogP contribution in [-0.2, 0) is 12.6 Å². The number of nitrogens with one attached hydrogen (secondary N) is 1. The molecule has 0 aromatic heterocycles.